The monoisotopic (exact) mass is 401 g/mol. The maximum Gasteiger partial charge on any atom is 0.328 e. The van der Waals surface area contributed by atoms with Gasteiger partial charge in [-0.05, 0) is 75.0 Å². The molecular weight excluding hydrogens is 366 g/mol. The first-order valence-electron chi connectivity index (χ1n) is 11.2. The summed E-state index contributed by atoms with van der Waals surface area (Å²) in [5.41, 5.74) is 2.40. The lowest BCUT2D eigenvalue weighted by Gasteiger charge is -2.57. The van der Waals surface area contributed by atoms with Crippen molar-refractivity contribution in [2.24, 2.45) is 28.6 Å². The van der Waals surface area contributed by atoms with E-state index >= 15 is 0 Å². The fourth-order valence-electron chi connectivity index (χ4n) is 7.07. The zero-order valence-electron chi connectivity index (χ0n) is 18.2. The molecule has 0 aromatic carbocycles. The molecule has 7 atom stereocenters. The van der Waals surface area contributed by atoms with Gasteiger partial charge in [-0.1, -0.05) is 31.6 Å². The van der Waals surface area contributed by atoms with E-state index in [9.17, 15) is 14.7 Å². The predicted molar refractivity (Wildman–Crippen MR) is 111 cm³/mol. The zero-order valence-corrected chi connectivity index (χ0v) is 18.2. The minimum Gasteiger partial charge on any atom is -0.467 e. The summed E-state index contributed by atoms with van der Waals surface area (Å²) in [6.45, 7) is 6.33. The molecule has 0 radical (unpaired) electrons. The van der Waals surface area contributed by atoms with Gasteiger partial charge in [0.15, 0.2) is 0 Å². The molecule has 4 aliphatic rings. The van der Waals surface area contributed by atoms with Gasteiger partial charge in [0.25, 0.3) is 0 Å². The van der Waals surface area contributed by atoms with Crippen LogP contribution < -0.4 is 5.32 Å². The highest BCUT2D eigenvalue weighted by atomic mass is 16.5. The summed E-state index contributed by atoms with van der Waals surface area (Å²) in [6, 6.07) is -0.639. The Kier molecular flexibility index (Phi) is 5.17. The fraction of sp³-hybridized carbons (Fsp3) is 0.750. The first-order valence-corrected chi connectivity index (χ1v) is 11.2. The first-order chi connectivity index (χ1) is 13.7. The summed E-state index contributed by atoms with van der Waals surface area (Å²) >= 11 is 0. The third-order valence-corrected chi connectivity index (χ3v) is 8.81. The van der Waals surface area contributed by atoms with Gasteiger partial charge < -0.3 is 15.2 Å². The number of aliphatic hydroxyl groups is 1. The van der Waals surface area contributed by atoms with Gasteiger partial charge in [-0.2, -0.15) is 0 Å². The summed E-state index contributed by atoms with van der Waals surface area (Å²) in [6.07, 6.45) is 11.3. The van der Waals surface area contributed by atoms with Gasteiger partial charge in [0.2, 0.25) is 5.91 Å². The molecule has 0 aromatic rings. The smallest absolute Gasteiger partial charge is 0.328 e. The van der Waals surface area contributed by atoms with Gasteiger partial charge in [0.05, 0.1) is 13.2 Å². The van der Waals surface area contributed by atoms with Crippen molar-refractivity contribution < 1.29 is 19.4 Å². The highest BCUT2D eigenvalue weighted by Gasteiger charge is 2.57. The van der Waals surface area contributed by atoms with Gasteiger partial charge >= 0.3 is 5.97 Å². The summed E-state index contributed by atoms with van der Waals surface area (Å²) in [4.78, 5) is 24.7. The first kappa shape index (κ1) is 20.6. The van der Waals surface area contributed by atoms with Crippen molar-refractivity contribution >= 4 is 11.9 Å². The Balaban J connectivity index is 1.54. The van der Waals surface area contributed by atoms with Crippen LogP contribution in [-0.4, -0.2) is 36.2 Å². The maximum atomic E-state index is 13.0. The number of rotatable bonds is 3. The highest BCUT2D eigenvalue weighted by molar-refractivity contribution is 5.97. The molecule has 29 heavy (non-hydrogen) atoms. The van der Waals surface area contributed by atoms with Crippen molar-refractivity contribution in [2.45, 2.75) is 77.9 Å². The van der Waals surface area contributed by atoms with Crippen LogP contribution in [-0.2, 0) is 14.3 Å². The molecule has 5 heteroatoms. The highest BCUT2D eigenvalue weighted by Crippen LogP contribution is 2.64. The number of amides is 1. The summed E-state index contributed by atoms with van der Waals surface area (Å²) in [7, 11) is 1.34. The van der Waals surface area contributed by atoms with E-state index in [4.69, 9.17) is 4.74 Å². The Bertz CT molecular complexity index is 771. The topological polar surface area (TPSA) is 75.6 Å². The minimum atomic E-state index is -0.639. The number of aliphatic hydroxyl groups excluding tert-OH is 1. The van der Waals surface area contributed by atoms with Crippen molar-refractivity contribution in [1.29, 1.82) is 0 Å². The predicted octanol–water partition coefficient (Wildman–Crippen LogP) is 3.52. The van der Waals surface area contributed by atoms with Crippen molar-refractivity contribution in [3.05, 3.63) is 23.3 Å². The Morgan fingerprint density at radius 2 is 1.86 bits per heavy atom. The number of hydrogen-bond acceptors (Lipinski definition) is 4. The number of hydrogen-bond donors (Lipinski definition) is 2. The molecule has 4 rings (SSSR count). The lowest BCUT2D eigenvalue weighted by Crippen LogP contribution is -2.51. The van der Waals surface area contributed by atoms with Gasteiger partial charge in [-0.25, -0.2) is 4.79 Å². The number of nitrogens with one attached hydrogen (secondary N) is 1. The molecule has 0 aromatic heterocycles. The molecule has 0 aliphatic heterocycles. The van der Waals surface area contributed by atoms with E-state index in [0.717, 1.165) is 50.5 Å². The number of carbonyl (C=O) groups is 2. The van der Waals surface area contributed by atoms with E-state index in [1.165, 1.54) is 12.7 Å². The van der Waals surface area contributed by atoms with Crippen LogP contribution in [0.5, 0.6) is 0 Å². The number of fused-ring (bicyclic) bond motifs is 5. The van der Waals surface area contributed by atoms with Crippen molar-refractivity contribution in [1.82, 2.24) is 5.32 Å². The zero-order chi connectivity index (χ0) is 21.0. The van der Waals surface area contributed by atoms with E-state index in [-0.39, 0.29) is 22.8 Å². The minimum absolute atomic E-state index is 0.120. The van der Waals surface area contributed by atoms with Crippen LogP contribution in [0.15, 0.2) is 23.3 Å². The number of allylic oxidation sites excluding steroid dienone is 2. The van der Waals surface area contributed by atoms with Crippen LogP contribution in [0.1, 0.15) is 65.7 Å². The molecule has 2 N–H and O–H groups in total. The third-order valence-electron chi connectivity index (χ3n) is 8.81. The lowest BCUT2D eigenvalue weighted by molar-refractivity contribution is -0.144. The molecule has 2 saturated carbocycles. The molecule has 0 heterocycles. The molecule has 4 aliphatic carbocycles. The van der Waals surface area contributed by atoms with Crippen LogP contribution in [0, 0.1) is 28.6 Å². The van der Waals surface area contributed by atoms with Gasteiger partial charge in [-0.3, -0.25) is 4.79 Å². The molecule has 2 fully saturated rings. The molecule has 1 unspecified atom stereocenters. The molecule has 160 valence electrons. The molecule has 0 saturated heterocycles. The van der Waals surface area contributed by atoms with E-state index in [0.29, 0.717) is 17.8 Å². The molecule has 0 spiro atoms. The maximum absolute atomic E-state index is 13.0. The van der Waals surface area contributed by atoms with Crippen molar-refractivity contribution in [3.8, 4) is 0 Å². The number of methoxy groups -OCH3 is 1. The average molecular weight is 402 g/mol. The number of ether oxygens (including phenoxy) is 1. The molecular formula is C24H35NO4. The number of carbonyl (C=O) groups excluding carboxylic acids is 2. The van der Waals surface area contributed by atoms with Crippen LogP contribution in [0.25, 0.3) is 0 Å². The SMILES string of the molecule is COC(=O)C(C)NC(=O)C1=CC[C@H]2[C@@H]3CC=C4C[C@@H](O)CC[C@]4(C)[C@H]3CC[C@@]12C. The fourth-order valence-corrected chi connectivity index (χ4v) is 7.07. The van der Waals surface area contributed by atoms with Crippen molar-refractivity contribution in [2.75, 3.05) is 7.11 Å². The lowest BCUT2D eigenvalue weighted by atomic mass is 9.47. The third kappa shape index (κ3) is 3.17. The molecule has 5 nitrogen and oxygen atoms in total. The largest absolute Gasteiger partial charge is 0.467 e. The molecule has 1 amide bonds. The van der Waals surface area contributed by atoms with Crippen molar-refractivity contribution in [3.63, 3.8) is 0 Å². The van der Waals surface area contributed by atoms with Crippen LogP contribution in [0.2, 0.25) is 0 Å². The second-order valence-corrected chi connectivity index (χ2v) is 10.2. The second-order valence-electron chi connectivity index (χ2n) is 10.2. The quantitative estimate of drug-likeness (QED) is 0.560. The Labute approximate surface area is 174 Å². The standard InChI is InChI=1S/C24H35NO4/c1-14(22(28)29-4)25-21(27)20-8-7-18-17-6-5-15-13-16(26)9-11-23(15,2)19(17)10-12-24(18,20)3/h5,8,14,16-19,26H,6-7,9-13H2,1-4H3,(H,25,27)/t14?,16-,17-,18-,19-,23-,24+/m0/s1. The van der Waals surface area contributed by atoms with Crippen LogP contribution in [0.3, 0.4) is 0 Å². The Hall–Kier alpha value is -1.62. The van der Waals surface area contributed by atoms with Gasteiger partial charge in [-0.15, -0.1) is 0 Å². The van der Waals surface area contributed by atoms with Gasteiger partial charge in [0.1, 0.15) is 6.04 Å². The number of esters is 1. The van der Waals surface area contributed by atoms with E-state index < -0.39 is 12.0 Å². The van der Waals surface area contributed by atoms with E-state index in [2.05, 4.69) is 31.3 Å². The summed E-state index contributed by atoms with van der Waals surface area (Å²) in [5, 5.41) is 13.0. The Morgan fingerprint density at radius 1 is 1.14 bits per heavy atom. The second kappa shape index (κ2) is 7.26. The average Bonchev–Trinajstić information content (AvgIpc) is 3.05. The van der Waals surface area contributed by atoms with Gasteiger partial charge in [0, 0.05) is 11.0 Å². The normalized spacial score (nSPS) is 41.8. The summed E-state index contributed by atoms with van der Waals surface area (Å²) < 4.78 is 4.75. The Morgan fingerprint density at radius 3 is 2.59 bits per heavy atom. The van der Waals surface area contributed by atoms with E-state index in [1.54, 1.807) is 6.92 Å². The molecule has 0 bridgehead atoms. The van der Waals surface area contributed by atoms with Crippen LogP contribution >= 0.6 is 0 Å². The van der Waals surface area contributed by atoms with E-state index in [1.807, 2.05) is 0 Å². The van der Waals surface area contributed by atoms with Crippen LogP contribution in [0.4, 0.5) is 0 Å². The summed E-state index contributed by atoms with van der Waals surface area (Å²) in [5.74, 6) is 1.15.